The highest BCUT2D eigenvalue weighted by Gasteiger charge is 2.52. The van der Waals surface area contributed by atoms with E-state index in [1.807, 2.05) is 0 Å². The molecule has 0 aromatic rings. The minimum absolute atomic E-state index is 0.277. The number of β-lactam (4-membered cyclic amide) rings is 1. The summed E-state index contributed by atoms with van der Waals surface area (Å²) in [5.41, 5.74) is 0.878. The van der Waals surface area contributed by atoms with Crippen LogP contribution in [0.15, 0.2) is 24.4 Å². The van der Waals surface area contributed by atoms with Gasteiger partial charge in [-0.2, -0.15) is 0 Å². The topological polar surface area (TPSA) is 86.7 Å². The van der Waals surface area contributed by atoms with E-state index in [0.717, 1.165) is 5.57 Å². The summed E-state index contributed by atoms with van der Waals surface area (Å²) in [5, 5.41) is 11.2. The van der Waals surface area contributed by atoms with E-state index >= 15 is 0 Å². The van der Waals surface area contributed by atoms with Crippen LogP contribution in [-0.2, 0) is 14.4 Å². The van der Waals surface area contributed by atoms with Crippen molar-refractivity contribution in [1.82, 2.24) is 10.2 Å². The zero-order chi connectivity index (χ0) is 13.3. The Morgan fingerprint density at radius 1 is 1.67 bits per heavy atom. The quantitative estimate of drug-likeness (QED) is 0.418. The van der Waals surface area contributed by atoms with Gasteiger partial charge in [-0.3, -0.25) is 14.4 Å². The number of rotatable bonds is 4. The van der Waals surface area contributed by atoms with Gasteiger partial charge in [-0.05, 0) is 11.6 Å². The van der Waals surface area contributed by atoms with E-state index < -0.39 is 17.8 Å². The fraction of sp³-hybridized carbons (Fsp3) is 0.364. The maximum absolute atomic E-state index is 11.6. The van der Waals surface area contributed by atoms with Crippen LogP contribution in [0.3, 0.4) is 0 Å². The number of aliphatic carboxylic acids is 1. The summed E-state index contributed by atoms with van der Waals surface area (Å²) >= 11 is 1.40. The fourth-order valence-corrected chi connectivity index (χ4v) is 3.14. The van der Waals surface area contributed by atoms with Gasteiger partial charge in [-0.1, -0.05) is 6.58 Å². The molecule has 2 heterocycles. The second kappa shape index (κ2) is 4.85. The SMILES string of the molecule is C=CC(=O)NCC1=CN2C(=O)C(C(=O)O)[C@@H]2SC1. The molecular formula is C11H12N2O4S. The smallest absolute Gasteiger partial charge is 0.319 e. The monoisotopic (exact) mass is 268 g/mol. The third-order valence-electron chi connectivity index (χ3n) is 2.78. The summed E-state index contributed by atoms with van der Waals surface area (Å²) in [4.78, 5) is 34.8. The second-order valence-corrected chi connectivity index (χ2v) is 5.08. The lowest BCUT2D eigenvalue weighted by atomic mass is 9.98. The average Bonchev–Trinajstić information content (AvgIpc) is 2.35. The minimum atomic E-state index is -1.08. The molecule has 0 spiro atoms. The Kier molecular flexibility index (Phi) is 3.42. The lowest BCUT2D eigenvalue weighted by Crippen LogP contribution is -2.61. The molecule has 0 aromatic heterocycles. The lowest BCUT2D eigenvalue weighted by molar-refractivity contribution is -0.161. The number of thioether (sulfide) groups is 1. The Balaban J connectivity index is 1.97. The van der Waals surface area contributed by atoms with Crippen LogP contribution >= 0.6 is 11.8 Å². The number of nitrogens with zero attached hydrogens (tertiary/aromatic N) is 1. The van der Waals surface area contributed by atoms with Crippen LogP contribution in [0.1, 0.15) is 0 Å². The molecule has 2 rings (SSSR count). The van der Waals surface area contributed by atoms with Crippen molar-refractivity contribution in [3.8, 4) is 0 Å². The van der Waals surface area contributed by atoms with E-state index in [9.17, 15) is 14.4 Å². The van der Waals surface area contributed by atoms with Gasteiger partial charge in [0.15, 0.2) is 5.92 Å². The molecule has 2 aliphatic heterocycles. The number of fused-ring (bicyclic) bond motifs is 1. The van der Waals surface area contributed by atoms with Crippen LogP contribution < -0.4 is 5.32 Å². The average molecular weight is 268 g/mol. The molecule has 0 aromatic carbocycles. The van der Waals surface area contributed by atoms with E-state index in [1.54, 1.807) is 6.20 Å². The van der Waals surface area contributed by atoms with Crippen LogP contribution in [-0.4, -0.2) is 45.5 Å². The van der Waals surface area contributed by atoms with Crippen molar-refractivity contribution >= 4 is 29.5 Å². The van der Waals surface area contributed by atoms with Crippen molar-refractivity contribution in [2.75, 3.05) is 12.3 Å². The number of carbonyl (C=O) groups is 3. The summed E-state index contributed by atoms with van der Waals surface area (Å²) in [5.74, 6) is -2.08. The zero-order valence-electron chi connectivity index (χ0n) is 9.46. The predicted molar refractivity (Wildman–Crippen MR) is 65.5 cm³/mol. The highest BCUT2D eigenvalue weighted by atomic mass is 32.2. The molecule has 1 fully saturated rings. The van der Waals surface area contributed by atoms with Crippen LogP contribution in [0.4, 0.5) is 0 Å². The molecule has 2 aliphatic rings. The highest BCUT2D eigenvalue weighted by molar-refractivity contribution is 8.00. The Morgan fingerprint density at radius 3 is 3.00 bits per heavy atom. The van der Waals surface area contributed by atoms with E-state index in [4.69, 9.17) is 5.11 Å². The molecule has 2 atom stereocenters. The summed E-state index contributed by atoms with van der Waals surface area (Å²) in [6, 6.07) is 0. The van der Waals surface area contributed by atoms with E-state index in [1.165, 1.54) is 22.7 Å². The molecule has 0 saturated carbocycles. The standard InChI is InChI=1S/C11H12N2O4S/c1-2-7(14)12-3-6-4-13-9(15)8(11(16)17)10(13)18-5-6/h2,4,8,10H,1,3,5H2,(H,12,14)(H,16,17)/t8?,10-/m0/s1. The largest absolute Gasteiger partial charge is 0.481 e. The van der Waals surface area contributed by atoms with E-state index in [2.05, 4.69) is 11.9 Å². The summed E-state index contributed by atoms with van der Waals surface area (Å²) in [6.07, 6.45) is 2.81. The number of carboxylic acids is 1. The number of carboxylic acid groups (broad SMARTS) is 1. The molecule has 18 heavy (non-hydrogen) atoms. The number of hydrogen-bond donors (Lipinski definition) is 2. The van der Waals surface area contributed by atoms with Crippen molar-refractivity contribution in [2.45, 2.75) is 5.37 Å². The van der Waals surface area contributed by atoms with Gasteiger partial charge < -0.3 is 15.3 Å². The molecule has 0 aliphatic carbocycles. The molecule has 96 valence electrons. The summed E-state index contributed by atoms with van der Waals surface area (Å²) in [6.45, 7) is 3.68. The first kappa shape index (κ1) is 12.7. The van der Waals surface area contributed by atoms with Gasteiger partial charge in [0.1, 0.15) is 5.37 Å². The number of amides is 2. The first-order valence-electron chi connectivity index (χ1n) is 5.31. The van der Waals surface area contributed by atoms with Crippen LogP contribution in [0, 0.1) is 5.92 Å². The molecular weight excluding hydrogens is 256 g/mol. The van der Waals surface area contributed by atoms with E-state index in [-0.39, 0.29) is 11.3 Å². The van der Waals surface area contributed by atoms with Crippen molar-refractivity contribution in [1.29, 1.82) is 0 Å². The molecule has 0 bridgehead atoms. The fourth-order valence-electron chi connectivity index (χ4n) is 1.82. The number of carbonyl (C=O) groups excluding carboxylic acids is 2. The van der Waals surface area contributed by atoms with Gasteiger partial charge in [0.05, 0.1) is 0 Å². The van der Waals surface area contributed by atoms with Crippen LogP contribution in [0.25, 0.3) is 0 Å². The van der Waals surface area contributed by atoms with Crippen LogP contribution in [0.2, 0.25) is 0 Å². The summed E-state index contributed by atoms with van der Waals surface area (Å²) < 4.78 is 0. The Hall–Kier alpha value is -1.76. The molecule has 2 amide bonds. The maximum Gasteiger partial charge on any atom is 0.319 e. The van der Waals surface area contributed by atoms with Crippen molar-refractivity contribution < 1.29 is 19.5 Å². The predicted octanol–water partition coefficient (Wildman–Crippen LogP) is -0.212. The zero-order valence-corrected chi connectivity index (χ0v) is 10.3. The normalized spacial score (nSPS) is 25.7. The van der Waals surface area contributed by atoms with Gasteiger partial charge in [-0.15, -0.1) is 11.8 Å². The Labute approximate surface area is 108 Å². The van der Waals surface area contributed by atoms with Crippen LogP contribution in [0.5, 0.6) is 0 Å². The van der Waals surface area contributed by atoms with Gasteiger partial charge in [0, 0.05) is 18.5 Å². The van der Waals surface area contributed by atoms with Gasteiger partial charge >= 0.3 is 5.97 Å². The number of hydrogen-bond acceptors (Lipinski definition) is 4. The minimum Gasteiger partial charge on any atom is -0.481 e. The lowest BCUT2D eigenvalue weighted by Gasteiger charge is -2.45. The van der Waals surface area contributed by atoms with Gasteiger partial charge in [-0.25, -0.2) is 0 Å². The molecule has 6 nitrogen and oxygen atoms in total. The Morgan fingerprint density at radius 2 is 2.39 bits per heavy atom. The molecule has 1 saturated heterocycles. The maximum atomic E-state index is 11.6. The van der Waals surface area contributed by atoms with Crippen molar-refractivity contribution in [3.05, 3.63) is 24.4 Å². The second-order valence-electron chi connectivity index (χ2n) is 3.97. The molecule has 2 N–H and O–H groups in total. The summed E-state index contributed by atoms with van der Waals surface area (Å²) in [7, 11) is 0. The van der Waals surface area contributed by atoms with Crippen molar-refractivity contribution in [3.63, 3.8) is 0 Å². The van der Waals surface area contributed by atoms with Crippen molar-refractivity contribution in [2.24, 2.45) is 5.92 Å². The molecule has 0 radical (unpaired) electrons. The first-order chi connectivity index (χ1) is 8.54. The third kappa shape index (κ3) is 2.13. The highest BCUT2D eigenvalue weighted by Crippen LogP contribution is 2.39. The van der Waals surface area contributed by atoms with E-state index in [0.29, 0.717) is 12.3 Å². The van der Waals surface area contributed by atoms with Gasteiger partial charge in [0.2, 0.25) is 11.8 Å². The third-order valence-corrected chi connectivity index (χ3v) is 4.16. The first-order valence-corrected chi connectivity index (χ1v) is 6.36. The van der Waals surface area contributed by atoms with Gasteiger partial charge in [0.25, 0.3) is 0 Å². The Bertz CT molecular complexity index is 460. The molecule has 7 heteroatoms. The number of nitrogens with one attached hydrogen (secondary N) is 1. The molecule has 1 unspecified atom stereocenters.